The molecule has 4 radical (unpaired) electrons. The summed E-state index contributed by atoms with van der Waals surface area (Å²) in [6.45, 7) is 3.57. The summed E-state index contributed by atoms with van der Waals surface area (Å²) in [5.41, 5.74) is 5.05. The Hall–Kier alpha value is -1.50. The van der Waals surface area contributed by atoms with Crippen molar-refractivity contribution in [2.45, 2.75) is 57.4 Å². The van der Waals surface area contributed by atoms with Gasteiger partial charge in [0.25, 0.3) is 0 Å². The molecule has 0 aromatic carbocycles. The minimum absolute atomic E-state index is 0.159. The number of carbonyl (C=O) groups is 1. The van der Waals surface area contributed by atoms with Crippen LogP contribution in [0, 0.1) is 4.64 Å². The van der Waals surface area contributed by atoms with Crippen LogP contribution in [0.15, 0.2) is 11.0 Å². The molecule has 0 aliphatic carbocycles. The Morgan fingerprint density at radius 2 is 1.90 bits per heavy atom. The molecule has 1 aliphatic rings. The highest BCUT2D eigenvalue weighted by Crippen LogP contribution is 2.32. The summed E-state index contributed by atoms with van der Waals surface area (Å²) < 4.78 is 11.9. The van der Waals surface area contributed by atoms with Crippen molar-refractivity contribution >= 4 is 33.9 Å². The largest absolute Gasteiger partial charge is 0.476 e. The number of carbonyl (C=O) groups excluding carboxylic acids is 1. The molecule has 1 aliphatic heterocycles. The average Bonchev–Trinajstić information content (AvgIpc) is 3.22. The highest BCUT2D eigenvalue weighted by atomic mass is 32.1. The minimum Gasteiger partial charge on any atom is -0.476 e. The van der Waals surface area contributed by atoms with E-state index in [0.717, 1.165) is 14.2 Å². The summed E-state index contributed by atoms with van der Waals surface area (Å²) in [6.07, 6.45) is 1.96. The van der Waals surface area contributed by atoms with Gasteiger partial charge in [-0.05, 0) is 12.8 Å². The van der Waals surface area contributed by atoms with Crippen LogP contribution in [0.2, 0.25) is 0 Å². The van der Waals surface area contributed by atoms with Crippen LogP contribution in [0.25, 0.3) is 0 Å². The zero-order chi connectivity index (χ0) is 23.9. The van der Waals surface area contributed by atoms with Gasteiger partial charge in [-0.25, -0.2) is 4.79 Å². The predicted octanol–water partition coefficient (Wildman–Crippen LogP) is -0.798. The van der Waals surface area contributed by atoms with Crippen molar-refractivity contribution < 1.29 is 29.6 Å². The van der Waals surface area contributed by atoms with Crippen LogP contribution in [0.5, 0.6) is 0 Å². The number of nitrogens with two attached hydrogens (primary N) is 1. The molecular formula is C17H31B2N3O7S. The van der Waals surface area contributed by atoms with Gasteiger partial charge in [-0.3, -0.25) is 14.3 Å². The quantitative estimate of drug-likeness (QED) is 0.223. The SMILES string of the molecule is CCC.CO.CO.[B]C([B])(OC(=O)CN)C1CCC(n2cc(CO)c(=S)[nH]c2=O)O1. The molecule has 0 bridgehead atoms. The van der Waals surface area contributed by atoms with Gasteiger partial charge in [0.2, 0.25) is 0 Å². The highest BCUT2D eigenvalue weighted by molar-refractivity contribution is 7.71. The summed E-state index contributed by atoms with van der Waals surface area (Å²) in [4.78, 5) is 25.7. The van der Waals surface area contributed by atoms with Crippen LogP contribution in [0.3, 0.4) is 0 Å². The third-order valence-electron chi connectivity index (χ3n) is 3.48. The van der Waals surface area contributed by atoms with E-state index >= 15 is 0 Å². The molecule has 30 heavy (non-hydrogen) atoms. The number of esters is 1. The summed E-state index contributed by atoms with van der Waals surface area (Å²) in [7, 11) is 13.5. The Labute approximate surface area is 184 Å². The van der Waals surface area contributed by atoms with Crippen molar-refractivity contribution in [3.63, 3.8) is 0 Å². The van der Waals surface area contributed by atoms with Gasteiger partial charge in [-0.1, -0.05) is 32.5 Å². The van der Waals surface area contributed by atoms with Crippen molar-refractivity contribution in [2.24, 2.45) is 5.73 Å². The molecule has 10 nitrogen and oxygen atoms in total. The summed E-state index contributed by atoms with van der Waals surface area (Å²) in [5.74, 6) is -0.759. The molecule has 168 valence electrons. The first-order valence-corrected chi connectivity index (χ1v) is 9.60. The normalized spacial score (nSPS) is 17.3. The first-order valence-electron chi connectivity index (χ1n) is 9.19. The molecule has 6 N–H and O–H groups in total. The Bertz CT molecular complexity index is 728. The second-order valence-electron chi connectivity index (χ2n) is 5.87. The molecule has 0 saturated carbocycles. The van der Waals surface area contributed by atoms with Gasteiger partial charge in [0, 0.05) is 26.0 Å². The maximum atomic E-state index is 12.0. The first kappa shape index (κ1) is 30.7. The summed E-state index contributed by atoms with van der Waals surface area (Å²) in [6, 6.07) is 0. The third kappa shape index (κ3) is 9.54. The fraction of sp³-hybridized carbons (Fsp3) is 0.706. The van der Waals surface area contributed by atoms with E-state index in [-0.39, 0.29) is 17.8 Å². The Morgan fingerprint density at radius 3 is 2.37 bits per heavy atom. The number of aliphatic hydroxyl groups excluding tert-OH is 3. The van der Waals surface area contributed by atoms with Crippen LogP contribution in [-0.2, 0) is 20.9 Å². The molecule has 2 atom stereocenters. The Kier molecular flexibility index (Phi) is 16.6. The number of rotatable bonds is 5. The van der Waals surface area contributed by atoms with E-state index in [1.54, 1.807) is 0 Å². The van der Waals surface area contributed by atoms with Crippen LogP contribution < -0.4 is 11.4 Å². The van der Waals surface area contributed by atoms with Crippen molar-refractivity contribution in [1.29, 1.82) is 0 Å². The van der Waals surface area contributed by atoms with Gasteiger partial charge in [0.15, 0.2) is 0 Å². The first-order chi connectivity index (χ1) is 14.2. The van der Waals surface area contributed by atoms with Gasteiger partial charge in [0.1, 0.15) is 26.6 Å². The fourth-order valence-electron chi connectivity index (χ4n) is 2.31. The number of nitrogens with one attached hydrogen (secondary N) is 1. The van der Waals surface area contributed by atoms with E-state index in [9.17, 15) is 14.7 Å². The molecule has 0 amide bonds. The second kappa shape index (κ2) is 16.2. The van der Waals surface area contributed by atoms with E-state index < -0.39 is 29.4 Å². The van der Waals surface area contributed by atoms with Gasteiger partial charge < -0.3 is 30.5 Å². The molecule has 0 spiro atoms. The zero-order valence-electron chi connectivity index (χ0n) is 17.8. The van der Waals surface area contributed by atoms with Crippen LogP contribution in [-0.4, -0.2) is 78.8 Å². The molecule has 1 fully saturated rings. The van der Waals surface area contributed by atoms with Crippen molar-refractivity contribution in [2.75, 3.05) is 20.8 Å². The van der Waals surface area contributed by atoms with E-state index in [0.29, 0.717) is 18.4 Å². The minimum atomic E-state index is -1.85. The van der Waals surface area contributed by atoms with Crippen molar-refractivity contribution in [1.82, 2.24) is 9.55 Å². The standard InChI is InChI=1S/C12H15B2N3O5S.C3H8.2CH4O/c13-12(14,22-9(19)3-15)7-1-2-8(21-7)17-4-6(5-18)10(23)16-11(17)20;1-3-2;2*1-2/h4,7-8,18H,1-3,5,15H2,(H,16,20,23);3H2,1-2H3;2*2H,1H3. The molecule has 1 aromatic rings. The molecule has 2 rings (SSSR count). The van der Waals surface area contributed by atoms with Gasteiger partial charge in [0.05, 0.1) is 24.7 Å². The average molecular weight is 443 g/mol. The number of H-pyrrole nitrogens is 1. The second-order valence-corrected chi connectivity index (χ2v) is 6.28. The van der Waals surface area contributed by atoms with Gasteiger partial charge in [-0.2, -0.15) is 0 Å². The summed E-state index contributed by atoms with van der Waals surface area (Å²) >= 11 is 4.94. The number of aromatic nitrogens is 2. The predicted molar refractivity (Wildman–Crippen MR) is 117 cm³/mol. The number of aliphatic hydroxyl groups is 3. The maximum absolute atomic E-state index is 12.0. The lowest BCUT2D eigenvalue weighted by Crippen LogP contribution is -2.48. The Morgan fingerprint density at radius 1 is 1.37 bits per heavy atom. The number of hydrogen-bond donors (Lipinski definition) is 5. The molecule has 2 unspecified atom stereocenters. The van der Waals surface area contributed by atoms with Gasteiger partial charge >= 0.3 is 11.7 Å². The van der Waals surface area contributed by atoms with Crippen molar-refractivity contribution in [3.05, 3.63) is 26.9 Å². The Balaban J connectivity index is 0. The van der Waals surface area contributed by atoms with E-state index in [1.807, 2.05) is 0 Å². The zero-order valence-corrected chi connectivity index (χ0v) is 18.6. The van der Waals surface area contributed by atoms with E-state index in [2.05, 4.69) is 18.8 Å². The monoisotopic (exact) mass is 443 g/mol. The van der Waals surface area contributed by atoms with E-state index in [1.165, 1.54) is 17.2 Å². The molecule has 2 heterocycles. The van der Waals surface area contributed by atoms with Crippen LogP contribution in [0.4, 0.5) is 0 Å². The highest BCUT2D eigenvalue weighted by Gasteiger charge is 2.39. The van der Waals surface area contributed by atoms with Gasteiger partial charge in [-0.15, -0.1) is 0 Å². The van der Waals surface area contributed by atoms with Crippen LogP contribution in [0.1, 0.15) is 44.9 Å². The maximum Gasteiger partial charge on any atom is 0.328 e. The van der Waals surface area contributed by atoms with Crippen molar-refractivity contribution in [3.8, 4) is 0 Å². The number of ether oxygens (including phenoxy) is 2. The number of hydrogen-bond acceptors (Lipinski definition) is 9. The molecule has 1 saturated heterocycles. The molecule has 13 heteroatoms. The molecular weight excluding hydrogens is 412 g/mol. The molecule has 1 aromatic heterocycles. The van der Waals surface area contributed by atoms with E-state index in [4.69, 9.17) is 53.3 Å². The third-order valence-corrected chi connectivity index (χ3v) is 3.84. The lowest BCUT2D eigenvalue weighted by Gasteiger charge is -2.32. The summed E-state index contributed by atoms with van der Waals surface area (Å²) in [5, 5.41) is 21.4. The topological polar surface area (TPSA) is 160 Å². The smallest absolute Gasteiger partial charge is 0.328 e. The lowest BCUT2D eigenvalue weighted by atomic mass is 9.61. The number of nitrogens with zero attached hydrogens (tertiary/aromatic N) is 1. The van der Waals surface area contributed by atoms with Crippen LogP contribution >= 0.6 is 12.2 Å². The number of aromatic amines is 1. The fourth-order valence-corrected chi connectivity index (χ4v) is 2.52. The lowest BCUT2D eigenvalue weighted by molar-refractivity contribution is -0.154.